The van der Waals surface area contributed by atoms with Crippen LogP contribution in [0.3, 0.4) is 0 Å². The normalized spacial score (nSPS) is 12.7. The summed E-state index contributed by atoms with van der Waals surface area (Å²) in [4.78, 5) is 37.9. The van der Waals surface area contributed by atoms with E-state index in [-0.39, 0.29) is 37.5 Å². The molecule has 64 heavy (non-hydrogen) atoms. The summed E-state index contributed by atoms with van der Waals surface area (Å²) in [6.45, 7) is 6.42. The van der Waals surface area contributed by atoms with Crippen LogP contribution in [0.4, 0.5) is 0 Å². The van der Waals surface area contributed by atoms with Gasteiger partial charge in [0.25, 0.3) is 0 Å². The van der Waals surface area contributed by atoms with Crippen LogP contribution >= 0.6 is 0 Å². The van der Waals surface area contributed by atoms with Crippen molar-refractivity contribution in [3.8, 4) is 0 Å². The molecule has 6 heteroatoms. The van der Waals surface area contributed by atoms with Crippen molar-refractivity contribution in [1.29, 1.82) is 0 Å². The van der Waals surface area contributed by atoms with Gasteiger partial charge in [-0.25, -0.2) is 0 Å². The number of hydrogen-bond donors (Lipinski definition) is 0. The van der Waals surface area contributed by atoms with Gasteiger partial charge in [-0.2, -0.15) is 0 Å². The molecule has 0 rings (SSSR count). The Labute approximate surface area is 395 Å². The third-order valence-corrected chi connectivity index (χ3v) is 11.1. The predicted molar refractivity (Wildman–Crippen MR) is 274 cm³/mol. The lowest BCUT2D eigenvalue weighted by molar-refractivity contribution is -0.166. The van der Waals surface area contributed by atoms with Gasteiger partial charge in [0.1, 0.15) is 13.2 Å². The van der Waals surface area contributed by atoms with Crippen LogP contribution in [0.15, 0.2) is 85.1 Å². The van der Waals surface area contributed by atoms with E-state index in [0.717, 1.165) is 89.9 Å². The molecule has 0 spiro atoms. The minimum absolute atomic E-state index is 0.103. The van der Waals surface area contributed by atoms with Crippen LogP contribution in [0.25, 0.3) is 0 Å². The first-order valence-electron chi connectivity index (χ1n) is 26.6. The zero-order valence-electron chi connectivity index (χ0n) is 41.8. The van der Waals surface area contributed by atoms with E-state index in [2.05, 4.69) is 99.8 Å². The Bertz CT molecular complexity index is 1250. The number of allylic oxidation sites excluding steroid dienone is 14. The molecule has 0 saturated carbocycles. The van der Waals surface area contributed by atoms with E-state index in [1.54, 1.807) is 0 Å². The average molecular weight is 891 g/mol. The summed E-state index contributed by atoms with van der Waals surface area (Å²) < 4.78 is 16.7. The van der Waals surface area contributed by atoms with Crippen LogP contribution in [0.2, 0.25) is 0 Å². The van der Waals surface area contributed by atoms with Crippen molar-refractivity contribution in [3.05, 3.63) is 85.1 Å². The molecule has 0 saturated heterocycles. The zero-order chi connectivity index (χ0) is 46.5. The Morgan fingerprint density at radius 3 is 1.09 bits per heavy atom. The maximum absolute atomic E-state index is 12.8. The van der Waals surface area contributed by atoms with Crippen molar-refractivity contribution in [3.63, 3.8) is 0 Å². The number of carbonyl (C=O) groups excluding carboxylic acids is 3. The summed E-state index contributed by atoms with van der Waals surface area (Å²) in [6, 6.07) is 0. The second-order valence-corrected chi connectivity index (χ2v) is 17.4. The molecule has 0 aliphatic carbocycles. The Morgan fingerprint density at radius 1 is 0.328 bits per heavy atom. The molecule has 0 aromatic carbocycles. The lowest BCUT2D eigenvalue weighted by Gasteiger charge is -2.18. The molecule has 0 heterocycles. The van der Waals surface area contributed by atoms with Gasteiger partial charge in [0.15, 0.2) is 6.10 Å². The van der Waals surface area contributed by atoms with Crippen molar-refractivity contribution in [2.75, 3.05) is 13.2 Å². The quantitative estimate of drug-likeness (QED) is 0.0262. The monoisotopic (exact) mass is 891 g/mol. The molecule has 0 unspecified atom stereocenters. The molecule has 1 atom stereocenters. The Morgan fingerprint density at radius 2 is 0.656 bits per heavy atom. The van der Waals surface area contributed by atoms with Crippen molar-refractivity contribution in [2.24, 2.45) is 0 Å². The van der Waals surface area contributed by atoms with Crippen molar-refractivity contribution >= 4 is 17.9 Å². The average Bonchev–Trinajstić information content (AvgIpc) is 3.29. The Balaban J connectivity index is 4.47. The fourth-order valence-electron chi connectivity index (χ4n) is 7.15. The summed E-state index contributed by atoms with van der Waals surface area (Å²) in [5.41, 5.74) is 0. The lowest BCUT2D eigenvalue weighted by Crippen LogP contribution is -2.30. The van der Waals surface area contributed by atoms with Gasteiger partial charge in [-0.3, -0.25) is 14.4 Å². The lowest BCUT2D eigenvalue weighted by atomic mass is 10.0. The number of carbonyl (C=O) groups is 3. The van der Waals surface area contributed by atoms with E-state index in [1.165, 1.54) is 109 Å². The number of rotatable bonds is 47. The third-order valence-electron chi connectivity index (χ3n) is 11.1. The molecule has 0 fully saturated rings. The highest BCUT2D eigenvalue weighted by molar-refractivity contribution is 5.71. The largest absolute Gasteiger partial charge is 0.462 e. The van der Waals surface area contributed by atoms with Gasteiger partial charge in [-0.15, -0.1) is 0 Å². The summed E-state index contributed by atoms with van der Waals surface area (Å²) >= 11 is 0. The Hall–Kier alpha value is -3.41. The predicted octanol–water partition coefficient (Wildman–Crippen LogP) is 17.6. The van der Waals surface area contributed by atoms with Crippen LogP contribution in [0.5, 0.6) is 0 Å². The van der Waals surface area contributed by atoms with Gasteiger partial charge in [0.2, 0.25) is 0 Å². The van der Waals surface area contributed by atoms with E-state index in [9.17, 15) is 14.4 Å². The molecule has 0 aromatic rings. The van der Waals surface area contributed by atoms with Crippen LogP contribution < -0.4 is 0 Å². The topological polar surface area (TPSA) is 78.9 Å². The SMILES string of the molecule is CC/C=C\C/C=C\C/C=C\C/C=C\C/C=C\C/C=C\CCC(=O)OC[C@@H](COC(=O)CCCCCCC/C=C\CCCC)OC(=O)CCCCCCCCCCCCCCCCCC. The molecule has 0 N–H and O–H groups in total. The van der Waals surface area contributed by atoms with Gasteiger partial charge in [-0.1, -0.05) is 234 Å². The molecule has 0 amide bonds. The van der Waals surface area contributed by atoms with Crippen LogP contribution in [0.1, 0.15) is 245 Å². The van der Waals surface area contributed by atoms with Crippen molar-refractivity contribution in [2.45, 2.75) is 252 Å². The third kappa shape index (κ3) is 49.6. The highest BCUT2D eigenvalue weighted by Crippen LogP contribution is 2.15. The van der Waals surface area contributed by atoms with E-state index in [4.69, 9.17) is 14.2 Å². The second-order valence-electron chi connectivity index (χ2n) is 17.4. The van der Waals surface area contributed by atoms with E-state index in [0.29, 0.717) is 19.3 Å². The summed E-state index contributed by atoms with van der Waals surface area (Å²) in [6.07, 6.45) is 67.2. The number of esters is 3. The maximum Gasteiger partial charge on any atom is 0.306 e. The zero-order valence-corrected chi connectivity index (χ0v) is 41.8. The minimum atomic E-state index is -0.808. The molecular weight excluding hydrogens is 793 g/mol. The number of unbranched alkanes of at least 4 members (excludes halogenated alkanes) is 22. The van der Waals surface area contributed by atoms with Gasteiger partial charge >= 0.3 is 17.9 Å². The number of hydrogen-bond acceptors (Lipinski definition) is 6. The van der Waals surface area contributed by atoms with Gasteiger partial charge < -0.3 is 14.2 Å². The highest BCUT2D eigenvalue weighted by Gasteiger charge is 2.19. The van der Waals surface area contributed by atoms with Crippen molar-refractivity contribution in [1.82, 2.24) is 0 Å². The molecule has 0 aliphatic heterocycles. The van der Waals surface area contributed by atoms with E-state index in [1.807, 2.05) is 6.08 Å². The Kier molecular flexibility index (Phi) is 49.4. The first-order valence-corrected chi connectivity index (χ1v) is 26.6. The van der Waals surface area contributed by atoms with Gasteiger partial charge in [0, 0.05) is 19.3 Å². The summed E-state index contributed by atoms with van der Waals surface area (Å²) in [7, 11) is 0. The fourth-order valence-corrected chi connectivity index (χ4v) is 7.15. The van der Waals surface area contributed by atoms with Crippen molar-refractivity contribution < 1.29 is 28.6 Å². The molecule has 0 aromatic heterocycles. The molecule has 366 valence electrons. The fraction of sp³-hybridized carbons (Fsp3) is 0.707. The van der Waals surface area contributed by atoms with Gasteiger partial charge in [-0.05, 0) is 77.0 Å². The van der Waals surface area contributed by atoms with Crippen LogP contribution in [0, 0.1) is 0 Å². The number of ether oxygens (including phenoxy) is 3. The smallest absolute Gasteiger partial charge is 0.306 e. The summed E-state index contributed by atoms with van der Waals surface area (Å²) in [5, 5.41) is 0. The molecular formula is C58H98O6. The molecule has 0 radical (unpaired) electrons. The molecule has 0 bridgehead atoms. The first kappa shape index (κ1) is 60.6. The van der Waals surface area contributed by atoms with Crippen LogP contribution in [-0.2, 0) is 28.6 Å². The first-order chi connectivity index (χ1) is 31.5. The molecule has 0 aliphatic rings. The molecule has 6 nitrogen and oxygen atoms in total. The maximum atomic E-state index is 12.8. The minimum Gasteiger partial charge on any atom is -0.462 e. The highest BCUT2D eigenvalue weighted by atomic mass is 16.6. The van der Waals surface area contributed by atoms with Crippen LogP contribution in [-0.4, -0.2) is 37.2 Å². The second kappa shape index (κ2) is 52.2. The van der Waals surface area contributed by atoms with Gasteiger partial charge in [0.05, 0.1) is 0 Å². The standard InChI is InChI=1S/C58H98O6/c1-4-7-10-13-16-19-22-24-26-28-29-30-32-33-36-39-42-45-48-51-57(60)63-54-55(53-62-56(59)50-47-44-41-38-35-21-18-15-12-9-6-3)64-58(61)52-49-46-43-40-37-34-31-27-25-23-20-17-14-11-8-5-2/h7,10,15-16,18-19,24,26,29-30,33,36,42,45,55H,4-6,8-9,11-14,17,20-23,25,27-28,31-32,34-35,37-41,43-44,46-54H2,1-3H3/b10-7-,18-15-,19-16-,26-24-,30-29-,36-33-,45-42-/t55-/m1/s1. The summed E-state index contributed by atoms with van der Waals surface area (Å²) in [5.74, 6) is -0.997. The van der Waals surface area contributed by atoms with E-state index < -0.39 is 6.10 Å². The van der Waals surface area contributed by atoms with E-state index >= 15 is 0 Å².